The second-order valence-electron chi connectivity index (χ2n) is 6.60. The summed E-state index contributed by atoms with van der Waals surface area (Å²) < 4.78 is 24.8. The van der Waals surface area contributed by atoms with Gasteiger partial charge in [-0.3, -0.25) is 0 Å². The Balaban J connectivity index is 1.95. The smallest absolute Gasteiger partial charge is 0.125 e. The topological polar surface area (TPSA) is 18.5 Å². The minimum Gasteiger partial charge on any atom is -0.496 e. The molecule has 0 N–H and O–H groups in total. The molecule has 0 radical (unpaired) electrons. The van der Waals surface area contributed by atoms with Crippen molar-refractivity contribution < 1.29 is 13.9 Å². The van der Waals surface area contributed by atoms with E-state index in [1.165, 1.54) is 23.3 Å². The number of hydrogen-bond acceptors (Lipinski definition) is 3. The summed E-state index contributed by atoms with van der Waals surface area (Å²) in [5.41, 5.74) is 3.47. The van der Waals surface area contributed by atoms with Crippen molar-refractivity contribution in [2.24, 2.45) is 0 Å². The fraction of sp³-hybridized carbons (Fsp3) is 0.250. The monoisotopic (exact) mass is 396 g/mol. The fourth-order valence-corrected chi connectivity index (χ4v) is 3.61. The molecule has 0 bridgehead atoms. The van der Waals surface area contributed by atoms with Crippen molar-refractivity contribution in [3.05, 3.63) is 95.3 Å². The third kappa shape index (κ3) is 5.08. The molecule has 0 aliphatic carbocycles. The number of halogens is 1. The summed E-state index contributed by atoms with van der Waals surface area (Å²) in [7, 11) is 1.67. The lowest BCUT2D eigenvalue weighted by atomic mass is 9.85. The van der Waals surface area contributed by atoms with Crippen molar-refractivity contribution >= 4 is 12.6 Å². The molecule has 0 saturated heterocycles. The average Bonchev–Trinajstić information content (AvgIpc) is 2.74. The van der Waals surface area contributed by atoms with Gasteiger partial charge in [0.2, 0.25) is 0 Å². The molecule has 0 aliphatic heterocycles. The molecule has 2 nitrogen and oxygen atoms in total. The summed E-state index contributed by atoms with van der Waals surface area (Å²) in [4.78, 5) is 0. The van der Waals surface area contributed by atoms with Crippen molar-refractivity contribution in [1.29, 1.82) is 0 Å². The molecule has 3 rings (SSSR count). The first kappa shape index (κ1) is 20.3. The van der Waals surface area contributed by atoms with E-state index >= 15 is 0 Å². The summed E-state index contributed by atoms with van der Waals surface area (Å²) >= 11 is 4.40. The predicted molar refractivity (Wildman–Crippen MR) is 115 cm³/mol. The predicted octanol–water partition coefficient (Wildman–Crippen LogP) is 6.26. The standard InChI is InChI=1S/C24H25FO2S/c1-26-24-11-5-9-22(21(10-6-16-28)18-7-3-2-4-8-18)23(24)17-27-20-14-12-19(25)13-15-20/h2-5,7-9,11-15,21,28H,6,10,16-17H2,1H3. The Kier molecular flexibility index (Phi) is 7.38. The van der Waals surface area contributed by atoms with Crippen LogP contribution in [0.1, 0.15) is 35.4 Å². The van der Waals surface area contributed by atoms with Crippen LogP contribution in [-0.4, -0.2) is 12.9 Å². The van der Waals surface area contributed by atoms with E-state index in [9.17, 15) is 4.39 Å². The molecule has 4 heteroatoms. The highest BCUT2D eigenvalue weighted by Gasteiger charge is 2.20. The molecule has 0 saturated carbocycles. The first-order valence-electron chi connectivity index (χ1n) is 9.43. The average molecular weight is 397 g/mol. The third-order valence-electron chi connectivity index (χ3n) is 4.81. The van der Waals surface area contributed by atoms with E-state index in [1.807, 2.05) is 18.2 Å². The van der Waals surface area contributed by atoms with Crippen LogP contribution in [0.5, 0.6) is 11.5 Å². The highest BCUT2D eigenvalue weighted by atomic mass is 32.1. The largest absolute Gasteiger partial charge is 0.496 e. The van der Waals surface area contributed by atoms with Crippen LogP contribution in [0.15, 0.2) is 72.8 Å². The van der Waals surface area contributed by atoms with Gasteiger partial charge in [-0.2, -0.15) is 12.6 Å². The molecular weight excluding hydrogens is 371 g/mol. The van der Waals surface area contributed by atoms with E-state index < -0.39 is 0 Å². The van der Waals surface area contributed by atoms with Crippen LogP contribution in [0.3, 0.4) is 0 Å². The second kappa shape index (κ2) is 10.2. The van der Waals surface area contributed by atoms with Crippen LogP contribution in [-0.2, 0) is 6.61 Å². The van der Waals surface area contributed by atoms with Gasteiger partial charge in [0.15, 0.2) is 0 Å². The summed E-state index contributed by atoms with van der Waals surface area (Å²) in [6.45, 7) is 0.356. The lowest BCUT2D eigenvalue weighted by Crippen LogP contribution is -2.09. The Bertz CT molecular complexity index is 866. The maximum Gasteiger partial charge on any atom is 0.125 e. The van der Waals surface area contributed by atoms with Gasteiger partial charge in [-0.05, 0) is 60.1 Å². The molecular formula is C24H25FO2S. The lowest BCUT2D eigenvalue weighted by Gasteiger charge is -2.23. The molecule has 28 heavy (non-hydrogen) atoms. The highest BCUT2D eigenvalue weighted by molar-refractivity contribution is 7.80. The van der Waals surface area contributed by atoms with Gasteiger partial charge < -0.3 is 9.47 Å². The fourth-order valence-electron chi connectivity index (χ4n) is 3.42. The summed E-state index contributed by atoms with van der Waals surface area (Å²) in [5.74, 6) is 2.22. The van der Waals surface area contributed by atoms with Crippen LogP contribution in [0.2, 0.25) is 0 Å². The first-order chi connectivity index (χ1) is 13.7. The van der Waals surface area contributed by atoms with Crippen LogP contribution in [0.4, 0.5) is 4.39 Å². The Hall–Kier alpha value is -2.46. The highest BCUT2D eigenvalue weighted by Crippen LogP contribution is 2.36. The normalized spacial score (nSPS) is 11.8. The molecule has 1 atom stereocenters. The van der Waals surface area contributed by atoms with Crippen LogP contribution in [0, 0.1) is 5.82 Å². The molecule has 146 valence electrons. The zero-order valence-electron chi connectivity index (χ0n) is 16.0. The van der Waals surface area contributed by atoms with Gasteiger partial charge in [0.05, 0.1) is 7.11 Å². The Labute approximate surface area is 171 Å². The van der Waals surface area contributed by atoms with Crippen molar-refractivity contribution in [3.8, 4) is 11.5 Å². The van der Waals surface area contributed by atoms with E-state index in [1.54, 1.807) is 19.2 Å². The number of ether oxygens (including phenoxy) is 2. The van der Waals surface area contributed by atoms with E-state index in [0.29, 0.717) is 12.4 Å². The molecule has 3 aromatic rings. The first-order valence-corrected chi connectivity index (χ1v) is 10.1. The van der Waals surface area contributed by atoms with Crippen LogP contribution >= 0.6 is 12.6 Å². The third-order valence-corrected chi connectivity index (χ3v) is 5.13. The quantitative estimate of drug-likeness (QED) is 0.431. The van der Waals surface area contributed by atoms with Crippen molar-refractivity contribution in [2.75, 3.05) is 12.9 Å². The number of benzene rings is 3. The van der Waals surface area contributed by atoms with E-state index in [-0.39, 0.29) is 11.7 Å². The van der Waals surface area contributed by atoms with E-state index in [0.717, 1.165) is 29.9 Å². The molecule has 0 aliphatic rings. The molecule has 3 aromatic carbocycles. The van der Waals surface area contributed by atoms with Gasteiger partial charge in [-0.15, -0.1) is 0 Å². The molecule has 1 unspecified atom stereocenters. The maximum absolute atomic E-state index is 13.2. The number of rotatable bonds is 9. The molecule has 0 aromatic heterocycles. The summed E-state index contributed by atoms with van der Waals surface area (Å²) in [6.07, 6.45) is 2.00. The van der Waals surface area contributed by atoms with E-state index in [4.69, 9.17) is 9.47 Å². The van der Waals surface area contributed by atoms with Crippen molar-refractivity contribution in [3.63, 3.8) is 0 Å². The van der Waals surface area contributed by atoms with Gasteiger partial charge in [0.25, 0.3) is 0 Å². The van der Waals surface area contributed by atoms with Gasteiger partial charge in [-0.25, -0.2) is 4.39 Å². The Morgan fingerprint density at radius 1 is 0.929 bits per heavy atom. The molecule has 0 fully saturated rings. The number of methoxy groups -OCH3 is 1. The SMILES string of the molecule is COc1cccc(C(CCCS)c2ccccc2)c1COc1ccc(F)cc1. The van der Waals surface area contributed by atoms with Gasteiger partial charge in [0.1, 0.15) is 23.9 Å². The molecule has 0 amide bonds. The van der Waals surface area contributed by atoms with Crippen LogP contribution < -0.4 is 9.47 Å². The van der Waals surface area contributed by atoms with Gasteiger partial charge in [0, 0.05) is 11.5 Å². The maximum atomic E-state index is 13.2. The lowest BCUT2D eigenvalue weighted by molar-refractivity contribution is 0.294. The van der Waals surface area contributed by atoms with Crippen molar-refractivity contribution in [2.45, 2.75) is 25.4 Å². The Morgan fingerprint density at radius 3 is 2.36 bits per heavy atom. The molecule has 0 spiro atoms. The zero-order chi connectivity index (χ0) is 19.8. The Morgan fingerprint density at radius 2 is 1.68 bits per heavy atom. The van der Waals surface area contributed by atoms with Crippen molar-refractivity contribution in [1.82, 2.24) is 0 Å². The zero-order valence-corrected chi connectivity index (χ0v) is 16.9. The number of thiol groups is 1. The minimum absolute atomic E-state index is 0.232. The number of hydrogen-bond donors (Lipinski definition) is 1. The van der Waals surface area contributed by atoms with Gasteiger partial charge >= 0.3 is 0 Å². The summed E-state index contributed by atoms with van der Waals surface area (Å²) in [6, 6.07) is 22.7. The van der Waals surface area contributed by atoms with Crippen LogP contribution in [0.25, 0.3) is 0 Å². The van der Waals surface area contributed by atoms with Gasteiger partial charge in [-0.1, -0.05) is 42.5 Å². The van der Waals surface area contributed by atoms with E-state index in [2.05, 4.69) is 43.0 Å². The second-order valence-corrected chi connectivity index (χ2v) is 7.05. The minimum atomic E-state index is -0.277. The molecule has 0 heterocycles. The summed E-state index contributed by atoms with van der Waals surface area (Å²) in [5, 5.41) is 0.